The summed E-state index contributed by atoms with van der Waals surface area (Å²) >= 11 is 0. The van der Waals surface area contributed by atoms with E-state index in [1.54, 1.807) is 6.07 Å². The zero-order valence-electron chi connectivity index (χ0n) is 13.4. The Hall–Kier alpha value is -2.16. The lowest BCUT2D eigenvalue weighted by atomic mass is 10.0. The highest BCUT2D eigenvalue weighted by atomic mass is 19.1. The van der Waals surface area contributed by atoms with Crippen molar-refractivity contribution in [3.8, 4) is 6.07 Å². The van der Waals surface area contributed by atoms with Crippen molar-refractivity contribution in [2.45, 2.75) is 39.2 Å². The molecule has 2 rings (SSSR count). The Bertz CT molecular complexity index is 594. The normalized spacial score (nSPS) is 15.6. The highest BCUT2D eigenvalue weighted by Crippen LogP contribution is 2.24. The molecule has 1 N–H and O–H groups in total. The lowest BCUT2D eigenvalue weighted by Crippen LogP contribution is -2.42. The van der Waals surface area contributed by atoms with Crippen LogP contribution in [0.1, 0.15) is 38.7 Å². The summed E-state index contributed by atoms with van der Waals surface area (Å²) in [6.45, 7) is 5.18. The number of nitrogens with zero attached hydrogens (tertiary/aromatic N) is 2. The SMILES string of the molecule is CC(C)CC(=O)N1CCC(Nc2c(F)cc(C#N)cc2F)CC1. The molecule has 1 aromatic carbocycles. The Morgan fingerprint density at radius 2 is 1.91 bits per heavy atom. The number of carbonyl (C=O) groups excluding carboxylic acids is 1. The molecule has 0 spiro atoms. The number of nitrogens with one attached hydrogen (secondary N) is 1. The summed E-state index contributed by atoms with van der Waals surface area (Å²) < 4.78 is 27.8. The van der Waals surface area contributed by atoms with Gasteiger partial charge in [-0.25, -0.2) is 8.78 Å². The molecule has 124 valence electrons. The van der Waals surface area contributed by atoms with Gasteiger partial charge in [-0.15, -0.1) is 0 Å². The van der Waals surface area contributed by atoms with Crippen LogP contribution in [0.15, 0.2) is 12.1 Å². The molecule has 1 saturated heterocycles. The van der Waals surface area contributed by atoms with Gasteiger partial charge in [0.25, 0.3) is 0 Å². The van der Waals surface area contributed by atoms with Gasteiger partial charge in [-0.05, 0) is 30.9 Å². The fourth-order valence-corrected chi connectivity index (χ4v) is 2.73. The first-order valence-electron chi connectivity index (χ1n) is 7.84. The molecule has 23 heavy (non-hydrogen) atoms. The predicted molar refractivity (Wildman–Crippen MR) is 83.8 cm³/mol. The Kier molecular flexibility index (Phi) is 5.54. The van der Waals surface area contributed by atoms with Crippen LogP contribution in [0.4, 0.5) is 14.5 Å². The number of likely N-dealkylation sites (tertiary alicyclic amines) is 1. The molecule has 0 radical (unpaired) electrons. The average Bonchev–Trinajstić information content (AvgIpc) is 2.50. The van der Waals surface area contributed by atoms with Crippen LogP contribution in [0, 0.1) is 28.9 Å². The van der Waals surface area contributed by atoms with Gasteiger partial charge in [-0.3, -0.25) is 4.79 Å². The fourth-order valence-electron chi connectivity index (χ4n) is 2.73. The van der Waals surface area contributed by atoms with Crippen LogP contribution in [-0.2, 0) is 4.79 Å². The smallest absolute Gasteiger partial charge is 0.222 e. The highest BCUT2D eigenvalue weighted by Gasteiger charge is 2.24. The van der Waals surface area contributed by atoms with Crippen molar-refractivity contribution in [2.24, 2.45) is 5.92 Å². The molecular formula is C17H21F2N3O. The molecule has 1 amide bonds. The molecule has 6 heteroatoms. The van der Waals surface area contributed by atoms with Gasteiger partial charge >= 0.3 is 0 Å². The number of rotatable bonds is 4. The number of amides is 1. The second kappa shape index (κ2) is 7.40. The van der Waals surface area contributed by atoms with E-state index in [-0.39, 0.29) is 23.2 Å². The Morgan fingerprint density at radius 1 is 1.35 bits per heavy atom. The van der Waals surface area contributed by atoms with Crippen molar-refractivity contribution in [3.05, 3.63) is 29.3 Å². The van der Waals surface area contributed by atoms with Crippen LogP contribution in [0.25, 0.3) is 0 Å². The van der Waals surface area contributed by atoms with Crippen LogP contribution in [0.2, 0.25) is 0 Å². The fraction of sp³-hybridized carbons (Fsp3) is 0.529. The van der Waals surface area contributed by atoms with Gasteiger partial charge < -0.3 is 10.2 Å². The van der Waals surface area contributed by atoms with E-state index in [1.807, 2.05) is 18.7 Å². The van der Waals surface area contributed by atoms with E-state index < -0.39 is 11.6 Å². The predicted octanol–water partition coefficient (Wildman–Crippen LogP) is 3.29. The largest absolute Gasteiger partial charge is 0.377 e. The number of hydrogen-bond donors (Lipinski definition) is 1. The molecule has 0 unspecified atom stereocenters. The zero-order chi connectivity index (χ0) is 17.0. The minimum absolute atomic E-state index is 0.0420. The minimum atomic E-state index is -0.764. The number of nitriles is 1. The molecular weight excluding hydrogens is 300 g/mol. The van der Waals surface area contributed by atoms with E-state index in [9.17, 15) is 13.6 Å². The van der Waals surface area contributed by atoms with Crippen molar-refractivity contribution in [2.75, 3.05) is 18.4 Å². The summed E-state index contributed by atoms with van der Waals surface area (Å²) in [6, 6.07) is 3.67. The van der Waals surface area contributed by atoms with Crippen LogP contribution < -0.4 is 5.32 Å². The number of piperidine rings is 1. The summed E-state index contributed by atoms with van der Waals surface area (Å²) in [5.41, 5.74) is -0.240. The highest BCUT2D eigenvalue weighted by molar-refractivity contribution is 5.76. The number of halogens is 2. The summed E-state index contributed by atoms with van der Waals surface area (Å²) in [6.07, 6.45) is 1.81. The lowest BCUT2D eigenvalue weighted by molar-refractivity contribution is -0.132. The van der Waals surface area contributed by atoms with E-state index in [1.165, 1.54) is 0 Å². The van der Waals surface area contributed by atoms with Gasteiger partial charge in [-0.2, -0.15) is 5.26 Å². The molecule has 1 fully saturated rings. The quantitative estimate of drug-likeness (QED) is 0.926. The lowest BCUT2D eigenvalue weighted by Gasteiger charge is -2.33. The monoisotopic (exact) mass is 321 g/mol. The second-order valence-corrected chi connectivity index (χ2v) is 6.32. The van der Waals surface area contributed by atoms with Crippen LogP contribution in [0.3, 0.4) is 0 Å². The van der Waals surface area contributed by atoms with E-state index in [2.05, 4.69) is 5.32 Å². The summed E-state index contributed by atoms with van der Waals surface area (Å²) in [4.78, 5) is 13.8. The third-order valence-electron chi connectivity index (χ3n) is 3.95. The van der Waals surface area contributed by atoms with E-state index in [0.29, 0.717) is 38.3 Å². The first-order valence-corrected chi connectivity index (χ1v) is 7.84. The Morgan fingerprint density at radius 3 is 2.39 bits per heavy atom. The third kappa shape index (κ3) is 4.41. The maximum Gasteiger partial charge on any atom is 0.222 e. The van der Waals surface area contributed by atoms with Gasteiger partial charge in [0.05, 0.1) is 11.6 Å². The Balaban J connectivity index is 1.95. The van der Waals surface area contributed by atoms with Gasteiger partial charge in [0.15, 0.2) is 11.6 Å². The second-order valence-electron chi connectivity index (χ2n) is 6.32. The zero-order valence-corrected chi connectivity index (χ0v) is 13.4. The summed E-state index contributed by atoms with van der Waals surface area (Å²) in [7, 11) is 0. The molecule has 1 heterocycles. The standard InChI is InChI=1S/C17H21F2N3O/c1-11(2)7-16(23)22-5-3-13(4-6-22)21-17-14(18)8-12(10-20)9-15(17)19/h8-9,11,13,21H,3-7H2,1-2H3. The molecule has 1 aliphatic rings. The molecule has 0 aromatic heterocycles. The van der Waals surface area contributed by atoms with Gasteiger partial charge in [0.1, 0.15) is 5.69 Å². The van der Waals surface area contributed by atoms with Crippen LogP contribution >= 0.6 is 0 Å². The minimum Gasteiger partial charge on any atom is -0.377 e. The molecule has 0 aliphatic carbocycles. The number of carbonyl (C=O) groups is 1. The first-order chi connectivity index (χ1) is 10.9. The molecule has 0 atom stereocenters. The van der Waals surface area contributed by atoms with Crippen molar-refractivity contribution >= 4 is 11.6 Å². The van der Waals surface area contributed by atoms with Crippen LogP contribution in [0.5, 0.6) is 0 Å². The Labute approximate surface area is 135 Å². The van der Waals surface area contributed by atoms with Gasteiger partial charge in [0, 0.05) is 25.6 Å². The van der Waals surface area contributed by atoms with Gasteiger partial charge in [-0.1, -0.05) is 13.8 Å². The van der Waals surface area contributed by atoms with E-state index in [4.69, 9.17) is 5.26 Å². The topological polar surface area (TPSA) is 56.1 Å². The number of hydrogen-bond acceptors (Lipinski definition) is 3. The number of benzene rings is 1. The average molecular weight is 321 g/mol. The van der Waals surface area contributed by atoms with Crippen molar-refractivity contribution < 1.29 is 13.6 Å². The van der Waals surface area contributed by atoms with Gasteiger partial charge in [0.2, 0.25) is 5.91 Å². The molecule has 0 saturated carbocycles. The molecule has 1 aromatic rings. The number of anilines is 1. The van der Waals surface area contributed by atoms with Crippen molar-refractivity contribution in [1.82, 2.24) is 4.90 Å². The molecule has 1 aliphatic heterocycles. The maximum atomic E-state index is 13.9. The van der Waals surface area contributed by atoms with Crippen molar-refractivity contribution in [3.63, 3.8) is 0 Å². The maximum absolute atomic E-state index is 13.9. The van der Waals surface area contributed by atoms with Crippen molar-refractivity contribution in [1.29, 1.82) is 5.26 Å². The van der Waals surface area contributed by atoms with Crippen LogP contribution in [-0.4, -0.2) is 29.9 Å². The summed E-state index contributed by atoms with van der Waals surface area (Å²) in [5.74, 6) is -1.07. The summed E-state index contributed by atoms with van der Waals surface area (Å²) in [5, 5.41) is 11.6. The third-order valence-corrected chi connectivity index (χ3v) is 3.95. The molecule has 4 nitrogen and oxygen atoms in total. The molecule has 0 bridgehead atoms. The van der Waals surface area contributed by atoms with E-state index >= 15 is 0 Å². The first kappa shape index (κ1) is 17.2. The van der Waals surface area contributed by atoms with E-state index in [0.717, 1.165) is 12.1 Å².